The first kappa shape index (κ1) is 22.4. The van der Waals surface area contributed by atoms with Crippen LogP contribution in [-0.2, 0) is 11.3 Å². The number of nitrogens with zero attached hydrogens (tertiary/aromatic N) is 1. The summed E-state index contributed by atoms with van der Waals surface area (Å²) < 4.78 is 5.12. The quantitative estimate of drug-likeness (QED) is 0.561. The summed E-state index contributed by atoms with van der Waals surface area (Å²) in [5, 5.41) is 6.08. The van der Waals surface area contributed by atoms with E-state index in [-0.39, 0.29) is 18.4 Å². The lowest BCUT2D eigenvalue weighted by Crippen LogP contribution is -2.36. The SMILES string of the molecule is COc1ccc(CNC(=O)CNC(=O)c2cccnc2Sc2ccc(C)cc2C)cc1. The normalized spacial score (nSPS) is 10.4. The summed E-state index contributed by atoms with van der Waals surface area (Å²) in [6.07, 6.45) is 1.66. The van der Waals surface area contributed by atoms with Crippen molar-refractivity contribution < 1.29 is 14.3 Å². The molecule has 2 N–H and O–H groups in total. The minimum atomic E-state index is -0.333. The molecule has 0 aliphatic heterocycles. The van der Waals surface area contributed by atoms with Gasteiger partial charge < -0.3 is 15.4 Å². The van der Waals surface area contributed by atoms with Gasteiger partial charge in [0, 0.05) is 17.6 Å². The molecule has 1 aromatic heterocycles. The van der Waals surface area contributed by atoms with E-state index >= 15 is 0 Å². The lowest BCUT2D eigenvalue weighted by Gasteiger charge is -2.11. The molecule has 0 aliphatic carbocycles. The number of hydrogen-bond donors (Lipinski definition) is 2. The fraction of sp³-hybridized carbons (Fsp3) is 0.208. The van der Waals surface area contributed by atoms with Gasteiger partial charge in [-0.1, -0.05) is 41.6 Å². The van der Waals surface area contributed by atoms with E-state index in [1.54, 1.807) is 25.4 Å². The van der Waals surface area contributed by atoms with E-state index in [1.807, 2.05) is 50.2 Å². The first-order chi connectivity index (χ1) is 15.0. The number of methoxy groups -OCH3 is 1. The Morgan fingerprint density at radius 2 is 1.81 bits per heavy atom. The van der Waals surface area contributed by atoms with Crippen LogP contribution in [0.5, 0.6) is 5.75 Å². The molecule has 2 aromatic carbocycles. The van der Waals surface area contributed by atoms with Crippen LogP contribution in [0.1, 0.15) is 27.0 Å². The Hall–Kier alpha value is -3.32. The first-order valence-corrected chi connectivity index (χ1v) is 10.7. The molecule has 31 heavy (non-hydrogen) atoms. The summed E-state index contributed by atoms with van der Waals surface area (Å²) in [4.78, 5) is 30.2. The van der Waals surface area contributed by atoms with E-state index in [2.05, 4.69) is 21.7 Å². The predicted molar refractivity (Wildman–Crippen MR) is 121 cm³/mol. The lowest BCUT2D eigenvalue weighted by atomic mass is 10.2. The minimum absolute atomic E-state index is 0.114. The van der Waals surface area contributed by atoms with Gasteiger partial charge in [0.1, 0.15) is 10.8 Å². The molecule has 160 valence electrons. The third-order valence-electron chi connectivity index (χ3n) is 4.61. The second-order valence-electron chi connectivity index (χ2n) is 7.03. The average molecular weight is 436 g/mol. The molecule has 0 unspecified atom stereocenters. The van der Waals surface area contributed by atoms with Gasteiger partial charge in [0.15, 0.2) is 0 Å². The molecule has 0 saturated heterocycles. The largest absolute Gasteiger partial charge is 0.497 e. The average Bonchev–Trinajstić information content (AvgIpc) is 2.78. The van der Waals surface area contributed by atoms with Gasteiger partial charge in [0.25, 0.3) is 5.91 Å². The number of nitrogens with one attached hydrogen (secondary N) is 2. The highest BCUT2D eigenvalue weighted by Crippen LogP contribution is 2.31. The minimum Gasteiger partial charge on any atom is -0.497 e. The molecule has 0 spiro atoms. The Kier molecular flexibility index (Phi) is 7.67. The zero-order valence-corrected chi connectivity index (χ0v) is 18.6. The highest BCUT2D eigenvalue weighted by Gasteiger charge is 2.15. The Bertz CT molecular complexity index is 1070. The monoisotopic (exact) mass is 435 g/mol. The van der Waals surface area contributed by atoms with E-state index in [0.29, 0.717) is 17.1 Å². The van der Waals surface area contributed by atoms with Gasteiger partial charge in [-0.3, -0.25) is 9.59 Å². The van der Waals surface area contributed by atoms with Crippen LogP contribution in [0.25, 0.3) is 0 Å². The predicted octanol–water partition coefficient (Wildman–Crippen LogP) is 3.90. The molecule has 1 heterocycles. The summed E-state index contributed by atoms with van der Waals surface area (Å²) in [7, 11) is 1.60. The molecule has 3 aromatic rings. The number of carbonyl (C=O) groups excluding carboxylic acids is 2. The van der Waals surface area contributed by atoms with E-state index in [0.717, 1.165) is 21.8 Å². The van der Waals surface area contributed by atoms with Crippen LogP contribution in [0.2, 0.25) is 0 Å². The maximum absolute atomic E-state index is 12.7. The van der Waals surface area contributed by atoms with E-state index < -0.39 is 0 Å². The summed E-state index contributed by atoms with van der Waals surface area (Å²) in [5.41, 5.74) is 3.69. The molecular formula is C24H25N3O3S. The summed E-state index contributed by atoms with van der Waals surface area (Å²) in [6.45, 7) is 4.34. The number of aryl methyl sites for hydroxylation is 2. The molecule has 7 heteroatoms. The number of amides is 2. The second kappa shape index (κ2) is 10.6. The van der Waals surface area contributed by atoms with Crippen molar-refractivity contribution in [3.05, 3.63) is 83.0 Å². The van der Waals surface area contributed by atoms with Crippen LogP contribution in [0.4, 0.5) is 0 Å². The Morgan fingerprint density at radius 1 is 1.03 bits per heavy atom. The first-order valence-electron chi connectivity index (χ1n) is 9.84. The van der Waals surface area contributed by atoms with Crippen LogP contribution < -0.4 is 15.4 Å². The van der Waals surface area contributed by atoms with Crippen LogP contribution >= 0.6 is 11.8 Å². The Balaban J connectivity index is 1.57. The number of pyridine rings is 1. The Labute approximate surface area is 186 Å². The molecule has 0 saturated carbocycles. The van der Waals surface area contributed by atoms with Gasteiger partial charge in [-0.05, 0) is 55.3 Å². The van der Waals surface area contributed by atoms with Crippen molar-refractivity contribution in [3.8, 4) is 5.75 Å². The van der Waals surface area contributed by atoms with Gasteiger partial charge in [0.2, 0.25) is 5.91 Å². The smallest absolute Gasteiger partial charge is 0.254 e. The third kappa shape index (κ3) is 6.33. The molecule has 0 aliphatic rings. The van der Waals surface area contributed by atoms with Crippen molar-refractivity contribution in [1.29, 1.82) is 0 Å². The van der Waals surface area contributed by atoms with Crippen molar-refractivity contribution in [3.63, 3.8) is 0 Å². The summed E-state index contributed by atoms with van der Waals surface area (Å²) >= 11 is 1.44. The van der Waals surface area contributed by atoms with Crippen molar-refractivity contribution in [1.82, 2.24) is 15.6 Å². The molecule has 6 nitrogen and oxygen atoms in total. The number of carbonyl (C=O) groups is 2. The standard InChI is InChI=1S/C24H25N3O3S/c1-16-6-11-21(17(2)13-16)31-24-20(5-4-12-25-24)23(29)27-15-22(28)26-14-18-7-9-19(30-3)10-8-18/h4-13H,14-15H2,1-3H3,(H,26,28)(H,27,29). The Morgan fingerprint density at radius 3 is 2.52 bits per heavy atom. The highest BCUT2D eigenvalue weighted by atomic mass is 32.2. The summed E-state index contributed by atoms with van der Waals surface area (Å²) in [5.74, 6) is 0.157. The number of benzene rings is 2. The lowest BCUT2D eigenvalue weighted by molar-refractivity contribution is -0.120. The molecular weight excluding hydrogens is 410 g/mol. The molecule has 2 amide bonds. The van der Waals surface area contributed by atoms with E-state index in [9.17, 15) is 9.59 Å². The van der Waals surface area contributed by atoms with Gasteiger partial charge in [-0.2, -0.15) is 0 Å². The van der Waals surface area contributed by atoms with Crippen molar-refractivity contribution in [2.75, 3.05) is 13.7 Å². The fourth-order valence-corrected chi connectivity index (χ4v) is 3.87. The van der Waals surface area contributed by atoms with Crippen LogP contribution in [0.15, 0.2) is 70.7 Å². The topological polar surface area (TPSA) is 80.3 Å². The second-order valence-corrected chi connectivity index (χ2v) is 8.07. The molecule has 0 bridgehead atoms. The van der Waals surface area contributed by atoms with Gasteiger partial charge in [-0.25, -0.2) is 4.98 Å². The van der Waals surface area contributed by atoms with Crippen molar-refractivity contribution >= 4 is 23.6 Å². The van der Waals surface area contributed by atoms with Crippen molar-refractivity contribution in [2.24, 2.45) is 0 Å². The summed E-state index contributed by atoms with van der Waals surface area (Å²) in [6, 6.07) is 17.0. The van der Waals surface area contributed by atoms with Gasteiger partial charge in [0.05, 0.1) is 19.2 Å². The third-order valence-corrected chi connectivity index (χ3v) is 5.81. The van der Waals surface area contributed by atoms with E-state index in [1.165, 1.54) is 17.3 Å². The van der Waals surface area contributed by atoms with Crippen molar-refractivity contribution in [2.45, 2.75) is 30.3 Å². The number of ether oxygens (including phenoxy) is 1. The maximum Gasteiger partial charge on any atom is 0.254 e. The van der Waals surface area contributed by atoms with Gasteiger partial charge in [-0.15, -0.1) is 0 Å². The molecule has 3 rings (SSSR count). The number of hydrogen-bond acceptors (Lipinski definition) is 5. The van der Waals surface area contributed by atoms with Crippen LogP contribution in [0, 0.1) is 13.8 Å². The van der Waals surface area contributed by atoms with E-state index in [4.69, 9.17) is 4.74 Å². The maximum atomic E-state index is 12.7. The van der Waals surface area contributed by atoms with Gasteiger partial charge >= 0.3 is 0 Å². The highest BCUT2D eigenvalue weighted by molar-refractivity contribution is 7.99. The van der Waals surface area contributed by atoms with Crippen LogP contribution in [-0.4, -0.2) is 30.5 Å². The van der Waals surface area contributed by atoms with Crippen LogP contribution in [0.3, 0.4) is 0 Å². The zero-order chi connectivity index (χ0) is 22.2. The molecule has 0 fully saturated rings. The molecule has 0 radical (unpaired) electrons. The number of rotatable bonds is 8. The fourth-order valence-electron chi connectivity index (χ4n) is 2.93. The molecule has 0 atom stereocenters. The zero-order valence-electron chi connectivity index (χ0n) is 17.8. The number of aromatic nitrogens is 1.